The number of pyridine rings is 1. The molecular formula is C13H17ClFN5. The molecule has 0 aliphatic carbocycles. The average Bonchev–Trinajstić information content (AvgIpc) is 2.77. The maximum atomic E-state index is 13.8. The van der Waals surface area contributed by atoms with Crippen molar-refractivity contribution >= 4 is 11.6 Å². The van der Waals surface area contributed by atoms with E-state index in [1.54, 1.807) is 10.7 Å². The van der Waals surface area contributed by atoms with Crippen LogP contribution in [0.25, 0.3) is 0 Å². The van der Waals surface area contributed by atoms with Crippen molar-refractivity contribution in [2.45, 2.75) is 12.6 Å². The van der Waals surface area contributed by atoms with Crippen molar-refractivity contribution < 1.29 is 4.39 Å². The van der Waals surface area contributed by atoms with Crippen LogP contribution in [0, 0.1) is 5.82 Å². The molecule has 0 fully saturated rings. The molecule has 2 aromatic heterocycles. The van der Waals surface area contributed by atoms with Crippen molar-refractivity contribution in [1.82, 2.24) is 19.7 Å². The number of nitrogens with zero attached hydrogens (tertiary/aromatic N) is 4. The fraction of sp³-hybridized carbons (Fsp3) is 0.385. The van der Waals surface area contributed by atoms with Crippen molar-refractivity contribution in [2.24, 2.45) is 5.73 Å². The van der Waals surface area contributed by atoms with Crippen molar-refractivity contribution in [3.05, 3.63) is 46.8 Å². The summed E-state index contributed by atoms with van der Waals surface area (Å²) < 4.78 is 15.5. The van der Waals surface area contributed by atoms with Gasteiger partial charge in [-0.3, -0.25) is 9.67 Å². The zero-order valence-corrected chi connectivity index (χ0v) is 12.2. The Morgan fingerprint density at radius 3 is 2.85 bits per heavy atom. The van der Waals surface area contributed by atoms with Gasteiger partial charge >= 0.3 is 0 Å². The Labute approximate surface area is 122 Å². The van der Waals surface area contributed by atoms with Gasteiger partial charge in [-0.15, -0.1) is 0 Å². The highest BCUT2D eigenvalue weighted by atomic mass is 35.5. The van der Waals surface area contributed by atoms with Gasteiger partial charge in [0.1, 0.15) is 5.82 Å². The van der Waals surface area contributed by atoms with Crippen LogP contribution in [0.3, 0.4) is 0 Å². The zero-order chi connectivity index (χ0) is 14.7. The minimum atomic E-state index is -0.671. The van der Waals surface area contributed by atoms with E-state index in [1.165, 1.54) is 12.4 Å². The summed E-state index contributed by atoms with van der Waals surface area (Å²) in [4.78, 5) is 5.75. The Bertz CT molecular complexity index is 584. The van der Waals surface area contributed by atoms with E-state index in [0.717, 1.165) is 12.7 Å². The third kappa shape index (κ3) is 3.15. The maximum absolute atomic E-state index is 13.8. The maximum Gasteiger partial charge on any atom is 0.146 e. The molecule has 0 aromatic carbocycles. The smallest absolute Gasteiger partial charge is 0.146 e. The highest BCUT2D eigenvalue weighted by Crippen LogP contribution is 2.27. The van der Waals surface area contributed by atoms with Gasteiger partial charge in [0.15, 0.2) is 0 Å². The van der Waals surface area contributed by atoms with Crippen molar-refractivity contribution in [3.63, 3.8) is 0 Å². The molecule has 0 spiro atoms. The normalized spacial score (nSPS) is 12.9. The lowest BCUT2D eigenvalue weighted by Gasteiger charge is -2.17. The number of halogens is 2. The molecule has 0 saturated heterocycles. The van der Waals surface area contributed by atoms with E-state index in [9.17, 15) is 4.39 Å². The SMILES string of the molecule is CN(C)CCn1ncc(Cl)c1C(N)c1ccncc1F. The van der Waals surface area contributed by atoms with E-state index in [2.05, 4.69) is 10.1 Å². The molecule has 0 amide bonds. The van der Waals surface area contributed by atoms with E-state index in [1.807, 2.05) is 19.0 Å². The molecule has 2 N–H and O–H groups in total. The summed E-state index contributed by atoms with van der Waals surface area (Å²) in [6.07, 6.45) is 4.18. The zero-order valence-electron chi connectivity index (χ0n) is 11.4. The fourth-order valence-electron chi connectivity index (χ4n) is 1.94. The van der Waals surface area contributed by atoms with Gasteiger partial charge in [0.05, 0.1) is 35.7 Å². The second-order valence-corrected chi connectivity index (χ2v) is 5.19. The third-order valence-electron chi connectivity index (χ3n) is 3.03. The number of hydrogen-bond acceptors (Lipinski definition) is 4. The highest BCUT2D eigenvalue weighted by molar-refractivity contribution is 6.31. The molecule has 0 aliphatic heterocycles. The number of aromatic nitrogens is 3. The molecule has 20 heavy (non-hydrogen) atoms. The molecular weight excluding hydrogens is 281 g/mol. The fourth-order valence-corrected chi connectivity index (χ4v) is 2.20. The van der Waals surface area contributed by atoms with Crippen molar-refractivity contribution in [2.75, 3.05) is 20.6 Å². The Balaban J connectivity index is 2.32. The molecule has 2 heterocycles. The second kappa shape index (κ2) is 6.30. The van der Waals surface area contributed by atoms with Gasteiger partial charge in [-0.1, -0.05) is 11.6 Å². The monoisotopic (exact) mass is 297 g/mol. The lowest BCUT2D eigenvalue weighted by atomic mass is 10.1. The molecule has 2 rings (SSSR count). The van der Waals surface area contributed by atoms with Gasteiger partial charge in [0.25, 0.3) is 0 Å². The number of hydrogen-bond donors (Lipinski definition) is 1. The Hall–Kier alpha value is -1.50. The Morgan fingerprint density at radius 1 is 1.45 bits per heavy atom. The predicted molar refractivity (Wildman–Crippen MR) is 76.0 cm³/mol. The van der Waals surface area contributed by atoms with Crippen LogP contribution < -0.4 is 5.73 Å². The number of likely N-dealkylation sites (N-methyl/N-ethyl adjacent to an activating group) is 1. The number of nitrogens with two attached hydrogens (primary N) is 1. The van der Waals surface area contributed by atoms with E-state index < -0.39 is 11.9 Å². The first kappa shape index (κ1) is 14.9. The first-order valence-corrected chi connectivity index (χ1v) is 6.59. The van der Waals surface area contributed by atoms with Crippen LogP contribution in [0.15, 0.2) is 24.7 Å². The van der Waals surface area contributed by atoms with Crippen molar-refractivity contribution in [3.8, 4) is 0 Å². The standard InChI is InChI=1S/C13H17ClFN5/c1-19(2)5-6-20-13(10(14)7-18-20)12(16)9-3-4-17-8-11(9)15/h3-4,7-8,12H,5-6,16H2,1-2H3. The summed E-state index contributed by atoms with van der Waals surface area (Å²) >= 11 is 6.14. The first-order chi connectivity index (χ1) is 9.50. The molecule has 1 atom stereocenters. The summed E-state index contributed by atoms with van der Waals surface area (Å²) in [5.74, 6) is -0.448. The lowest BCUT2D eigenvalue weighted by Crippen LogP contribution is -2.24. The molecule has 0 radical (unpaired) electrons. The third-order valence-corrected chi connectivity index (χ3v) is 3.32. The molecule has 5 nitrogen and oxygen atoms in total. The minimum Gasteiger partial charge on any atom is -0.319 e. The lowest BCUT2D eigenvalue weighted by molar-refractivity contribution is 0.367. The summed E-state index contributed by atoms with van der Waals surface area (Å²) in [5, 5.41) is 4.64. The van der Waals surface area contributed by atoms with Crippen LogP contribution >= 0.6 is 11.6 Å². The Morgan fingerprint density at radius 2 is 2.20 bits per heavy atom. The van der Waals surface area contributed by atoms with E-state index in [4.69, 9.17) is 17.3 Å². The van der Waals surface area contributed by atoms with Gasteiger partial charge in [0.2, 0.25) is 0 Å². The summed E-state index contributed by atoms with van der Waals surface area (Å²) in [5.41, 5.74) is 7.11. The largest absolute Gasteiger partial charge is 0.319 e. The molecule has 2 aromatic rings. The molecule has 0 saturated carbocycles. The summed E-state index contributed by atoms with van der Waals surface area (Å²) in [6.45, 7) is 1.42. The number of rotatable bonds is 5. The van der Waals surface area contributed by atoms with Crippen LogP contribution in [0.5, 0.6) is 0 Å². The van der Waals surface area contributed by atoms with Crippen LogP contribution in [0.2, 0.25) is 5.02 Å². The van der Waals surface area contributed by atoms with E-state index >= 15 is 0 Å². The van der Waals surface area contributed by atoms with Gasteiger partial charge in [-0.25, -0.2) is 4.39 Å². The van der Waals surface area contributed by atoms with Gasteiger partial charge < -0.3 is 10.6 Å². The summed E-state index contributed by atoms with van der Waals surface area (Å²) in [7, 11) is 3.93. The first-order valence-electron chi connectivity index (χ1n) is 6.21. The van der Waals surface area contributed by atoms with Crippen LogP contribution in [0.4, 0.5) is 4.39 Å². The van der Waals surface area contributed by atoms with E-state index in [-0.39, 0.29) is 0 Å². The van der Waals surface area contributed by atoms with Gasteiger partial charge in [-0.2, -0.15) is 5.10 Å². The van der Waals surface area contributed by atoms with Gasteiger partial charge in [-0.05, 0) is 20.2 Å². The topological polar surface area (TPSA) is 60.0 Å². The molecule has 0 bridgehead atoms. The quantitative estimate of drug-likeness (QED) is 0.912. The average molecular weight is 298 g/mol. The van der Waals surface area contributed by atoms with Crippen molar-refractivity contribution in [1.29, 1.82) is 0 Å². The predicted octanol–water partition coefficient (Wildman–Crippen LogP) is 1.68. The van der Waals surface area contributed by atoms with E-state index in [0.29, 0.717) is 22.8 Å². The summed E-state index contributed by atoms with van der Waals surface area (Å²) in [6, 6.07) is 0.884. The van der Waals surface area contributed by atoms with Crippen LogP contribution in [-0.4, -0.2) is 40.3 Å². The molecule has 108 valence electrons. The van der Waals surface area contributed by atoms with Gasteiger partial charge in [0, 0.05) is 18.3 Å². The highest BCUT2D eigenvalue weighted by Gasteiger charge is 2.21. The molecule has 1 unspecified atom stereocenters. The second-order valence-electron chi connectivity index (χ2n) is 4.78. The molecule has 7 heteroatoms. The minimum absolute atomic E-state index is 0.355. The van der Waals surface area contributed by atoms with Crippen LogP contribution in [-0.2, 0) is 6.54 Å². The van der Waals surface area contributed by atoms with Crippen LogP contribution in [0.1, 0.15) is 17.3 Å². The molecule has 0 aliphatic rings. The Kier molecular flexibility index (Phi) is 4.69.